The van der Waals surface area contributed by atoms with E-state index in [1.807, 2.05) is 6.92 Å². The Kier molecular flexibility index (Phi) is 4.90. The maximum atomic E-state index is 11.5. The third-order valence-electron chi connectivity index (χ3n) is 3.26. The minimum atomic E-state index is -3.09. The van der Waals surface area contributed by atoms with Crippen LogP contribution < -0.4 is 10.2 Å². The van der Waals surface area contributed by atoms with Gasteiger partial charge in [-0.25, -0.2) is 13.4 Å². The second kappa shape index (κ2) is 6.47. The van der Waals surface area contributed by atoms with E-state index in [9.17, 15) is 8.42 Å². The van der Waals surface area contributed by atoms with E-state index in [0.717, 1.165) is 18.1 Å². The third kappa shape index (κ3) is 3.87. The van der Waals surface area contributed by atoms with Crippen LogP contribution in [0, 0.1) is 0 Å². The standard InChI is InChI=1S/C12H21N5O2S/c1-3-13-8-11-9-14-10-12(15-11)16-4-6-17(7-5-16)20(2,18)19/h9-10,13H,3-8H2,1-2H3. The fourth-order valence-corrected chi connectivity index (χ4v) is 2.96. The van der Waals surface area contributed by atoms with Crippen LogP contribution in [0.15, 0.2) is 12.4 Å². The van der Waals surface area contributed by atoms with E-state index in [4.69, 9.17) is 0 Å². The molecule has 1 aromatic heterocycles. The van der Waals surface area contributed by atoms with Gasteiger partial charge >= 0.3 is 0 Å². The average molecular weight is 299 g/mol. The summed E-state index contributed by atoms with van der Waals surface area (Å²) in [6.07, 6.45) is 4.73. The number of rotatable bonds is 5. The Balaban J connectivity index is 2.00. The maximum absolute atomic E-state index is 11.5. The smallest absolute Gasteiger partial charge is 0.211 e. The third-order valence-corrected chi connectivity index (χ3v) is 4.56. The maximum Gasteiger partial charge on any atom is 0.211 e. The van der Waals surface area contributed by atoms with Crippen LogP contribution in [-0.4, -0.2) is 61.7 Å². The monoisotopic (exact) mass is 299 g/mol. The van der Waals surface area contributed by atoms with Crippen LogP contribution in [0.5, 0.6) is 0 Å². The van der Waals surface area contributed by atoms with Crippen LogP contribution in [0.1, 0.15) is 12.6 Å². The minimum Gasteiger partial charge on any atom is -0.353 e. The van der Waals surface area contributed by atoms with Crippen molar-refractivity contribution in [1.29, 1.82) is 0 Å². The van der Waals surface area contributed by atoms with Gasteiger partial charge < -0.3 is 10.2 Å². The van der Waals surface area contributed by atoms with Crippen molar-refractivity contribution in [2.24, 2.45) is 0 Å². The highest BCUT2D eigenvalue weighted by Crippen LogP contribution is 2.14. The van der Waals surface area contributed by atoms with Gasteiger partial charge in [0.25, 0.3) is 0 Å². The SMILES string of the molecule is CCNCc1cncc(N2CCN(S(C)(=O)=O)CC2)n1. The van der Waals surface area contributed by atoms with Crippen molar-refractivity contribution >= 4 is 15.8 Å². The number of nitrogens with one attached hydrogen (secondary N) is 1. The second-order valence-electron chi connectivity index (χ2n) is 4.80. The molecule has 0 spiro atoms. The van der Waals surface area contributed by atoms with Crippen LogP contribution >= 0.6 is 0 Å². The summed E-state index contributed by atoms with van der Waals surface area (Å²) in [6.45, 7) is 5.91. The summed E-state index contributed by atoms with van der Waals surface area (Å²) < 4.78 is 24.4. The van der Waals surface area contributed by atoms with Crippen molar-refractivity contribution in [2.45, 2.75) is 13.5 Å². The minimum absolute atomic E-state index is 0.498. The molecule has 8 heteroatoms. The first-order valence-electron chi connectivity index (χ1n) is 6.72. The molecule has 0 atom stereocenters. The first-order valence-corrected chi connectivity index (χ1v) is 8.57. The predicted octanol–water partition coefficient (Wildman–Crippen LogP) is -0.332. The molecule has 7 nitrogen and oxygen atoms in total. The average Bonchev–Trinajstić information content (AvgIpc) is 2.45. The van der Waals surface area contributed by atoms with Crippen LogP contribution in [0.3, 0.4) is 0 Å². The molecule has 0 radical (unpaired) electrons. The van der Waals surface area contributed by atoms with Gasteiger partial charge in [0.1, 0.15) is 5.82 Å². The fourth-order valence-electron chi connectivity index (χ4n) is 2.13. The molecule has 1 aliphatic heterocycles. The van der Waals surface area contributed by atoms with Gasteiger partial charge in [0, 0.05) is 38.9 Å². The molecule has 1 N–H and O–H groups in total. The Morgan fingerprint density at radius 2 is 1.95 bits per heavy atom. The number of anilines is 1. The Labute approximate surface area is 120 Å². The van der Waals surface area contributed by atoms with Crippen LogP contribution in [-0.2, 0) is 16.6 Å². The molecule has 0 amide bonds. The molecular weight excluding hydrogens is 278 g/mol. The normalized spacial score (nSPS) is 17.4. The number of piperazine rings is 1. The topological polar surface area (TPSA) is 78.4 Å². The number of hydrogen-bond donors (Lipinski definition) is 1. The molecule has 0 saturated carbocycles. The van der Waals surface area contributed by atoms with Gasteiger partial charge in [-0.1, -0.05) is 6.92 Å². The van der Waals surface area contributed by atoms with E-state index in [0.29, 0.717) is 32.7 Å². The molecule has 20 heavy (non-hydrogen) atoms. The molecule has 112 valence electrons. The summed E-state index contributed by atoms with van der Waals surface area (Å²) in [5, 5.41) is 3.21. The van der Waals surface area contributed by atoms with Crippen LogP contribution in [0.25, 0.3) is 0 Å². The Morgan fingerprint density at radius 1 is 1.25 bits per heavy atom. The fraction of sp³-hybridized carbons (Fsp3) is 0.667. The van der Waals surface area contributed by atoms with Crippen molar-refractivity contribution in [3.05, 3.63) is 18.1 Å². The zero-order chi connectivity index (χ0) is 14.6. The lowest BCUT2D eigenvalue weighted by Crippen LogP contribution is -2.48. The van der Waals surface area contributed by atoms with Gasteiger partial charge in [-0.05, 0) is 6.54 Å². The molecule has 0 unspecified atom stereocenters. The molecule has 0 aliphatic carbocycles. The molecule has 1 saturated heterocycles. The predicted molar refractivity (Wildman–Crippen MR) is 78.0 cm³/mol. The van der Waals surface area contributed by atoms with Crippen molar-refractivity contribution in [2.75, 3.05) is 43.9 Å². The largest absolute Gasteiger partial charge is 0.353 e. The molecular formula is C12H21N5O2S. The van der Waals surface area contributed by atoms with E-state index in [1.54, 1.807) is 12.4 Å². The molecule has 1 fully saturated rings. The highest BCUT2D eigenvalue weighted by Gasteiger charge is 2.24. The number of sulfonamides is 1. The van der Waals surface area contributed by atoms with Gasteiger partial charge in [-0.2, -0.15) is 4.31 Å². The Morgan fingerprint density at radius 3 is 2.55 bits per heavy atom. The number of hydrogen-bond acceptors (Lipinski definition) is 6. The van der Waals surface area contributed by atoms with E-state index in [1.165, 1.54) is 10.6 Å². The van der Waals surface area contributed by atoms with Crippen LogP contribution in [0.2, 0.25) is 0 Å². The summed E-state index contributed by atoms with van der Waals surface area (Å²) >= 11 is 0. The number of nitrogens with zero attached hydrogens (tertiary/aromatic N) is 4. The molecule has 1 aromatic rings. The zero-order valence-corrected chi connectivity index (χ0v) is 12.7. The Bertz CT molecular complexity index is 541. The van der Waals surface area contributed by atoms with Gasteiger partial charge in [0.2, 0.25) is 10.0 Å². The van der Waals surface area contributed by atoms with E-state index >= 15 is 0 Å². The molecule has 2 heterocycles. The van der Waals surface area contributed by atoms with Crippen molar-refractivity contribution in [3.63, 3.8) is 0 Å². The first-order chi connectivity index (χ1) is 9.50. The van der Waals surface area contributed by atoms with Crippen molar-refractivity contribution in [3.8, 4) is 0 Å². The lowest BCUT2D eigenvalue weighted by Gasteiger charge is -2.33. The lowest BCUT2D eigenvalue weighted by molar-refractivity contribution is 0.386. The molecule has 0 aromatic carbocycles. The molecule has 0 bridgehead atoms. The lowest BCUT2D eigenvalue weighted by atomic mass is 10.3. The quantitative estimate of drug-likeness (QED) is 0.802. The van der Waals surface area contributed by atoms with Gasteiger partial charge in [-0.15, -0.1) is 0 Å². The van der Waals surface area contributed by atoms with Gasteiger partial charge in [-0.3, -0.25) is 4.98 Å². The zero-order valence-electron chi connectivity index (χ0n) is 11.9. The summed E-state index contributed by atoms with van der Waals surface area (Å²) in [7, 11) is -3.09. The molecule has 2 rings (SSSR count). The summed E-state index contributed by atoms with van der Waals surface area (Å²) in [5.74, 6) is 0.813. The van der Waals surface area contributed by atoms with Crippen LogP contribution in [0.4, 0.5) is 5.82 Å². The molecule has 1 aliphatic rings. The van der Waals surface area contributed by atoms with Gasteiger partial charge in [0.05, 0.1) is 18.1 Å². The highest BCUT2D eigenvalue weighted by molar-refractivity contribution is 7.88. The first kappa shape index (κ1) is 15.1. The van der Waals surface area contributed by atoms with Gasteiger partial charge in [0.15, 0.2) is 0 Å². The van der Waals surface area contributed by atoms with E-state index in [-0.39, 0.29) is 0 Å². The highest BCUT2D eigenvalue weighted by atomic mass is 32.2. The summed E-state index contributed by atoms with van der Waals surface area (Å²) in [5.41, 5.74) is 0.898. The summed E-state index contributed by atoms with van der Waals surface area (Å²) in [4.78, 5) is 10.8. The van der Waals surface area contributed by atoms with E-state index < -0.39 is 10.0 Å². The summed E-state index contributed by atoms with van der Waals surface area (Å²) in [6, 6.07) is 0. The van der Waals surface area contributed by atoms with Crippen molar-refractivity contribution < 1.29 is 8.42 Å². The Hall–Kier alpha value is -1.25. The number of aromatic nitrogens is 2. The second-order valence-corrected chi connectivity index (χ2v) is 6.78. The van der Waals surface area contributed by atoms with E-state index in [2.05, 4.69) is 20.2 Å². The van der Waals surface area contributed by atoms with Crippen molar-refractivity contribution in [1.82, 2.24) is 19.6 Å².